The highest BCUT2D eigenvalue weighted by Crippen LogP contribution is 2.13. The summed E-state index contributed by atoms with van der Waals surface area (Å²) in [4.78, 5) is 0. The normalized spacial score (nSPS) is 36.3. The number of hydrogen-bond donors (Lipinski definition) is 2. The van der Waals surface area contributed by atoms with Gasteiger partial charge in [-0.05, 0) is 6.92 Å². The van der Waals surface area contributed by atoms with Gasteiger partial charge in [-0.25, -0.2) is 0 Å². The van der Waals surface area contributed by atoms with Crippen LogP contribution in [0.25, 0.3) is 0 Å². The lowest BCUT2D eigenvalue weighted by molar-refractivity contribution is 0.0687. The average Bonchev–Trinajstić information content (AvgIpc) is 2.34. The molecule has 1 saturated heterocycles. The van der Waals surface area contributed by atoms with Gasteiger partial charge in [0.15, 0.2) is 0 Å². The first-order chi connectivity index (χ1) is 4.75. The summed E-state index contributed by atoms with van der Waals surface area (Å²) in [5, 5.41) is 3.23. The minimum absolute atomic E-state index is 0.273. The van der Waals surface area contributed by atoms with Crippen molar-refractivity contribution in [2.45, 2.75) is 19.1 Å². The number of methoxy groups -OCH3 is 1. The first-order valence-corrected chi connectivity index (χ1v) is 3.74. The Bertz CT molecular complexity index is 108. The molecule has 0 aliphatic carbocycles. The van der Waals surface area contributed by atoms with Crippen molar-refractivity contribution < 1.29 is 4.74 Å². The summed E-state index contributed by atoms with van der Waals surface area (Å²) in [6.07, 6.45) is 0.282. The number of rotatable bonds is 2. The van der Waals surface area contributed by atoms with Crippen LogP contribution >= 0.6 is 0 Å². The molecule has 3 atom stereocenters. The van der Waals surface area contributed by atoms with Gasteiger partial charge in [0.05, 0.1) is 6.10 Å². The van der Waals surface area contributed by atoms with Gasteiger partial charge in [0.2, 0.25) is 0 Å². The number of nitrogens with two attached hydrogens (primary N) is 1. The van der Waals surface area contributed by atoms with E-state index in [1.54, 1.807) is 7.11 Å². The van der Waals surface area contributed by atoms with Crippen molar-refractivity contribution in [3.63, 3.8) is 0 Å². The summed E-state index contributed by atoms with van der Waals surface area (Å²) in [6.45, 7) is 3.99. The molecule has 1 heterocycles. The van der Waals surface area contributed by atoms with Crippen LogP contribution in [-0.2, 0) is 4.74 Å². The molecule has 0 aromatic rings. The number of nitrogens with one attached hydrogen (secondary N) is 1. The lowest BCUT2D eigenvalue weighted by Gasteiger charge is -2.20. The van der Waals surface area contributed by atoms with Crippen molar-refractivity contribution in [1.29, 1.82) is 0 Å². The zero-order chi connectivity index (χ0) is 7.56. The maximum absolute atomic E-state index is 5.81. The number of ether oxygens (including phenoxy) is 1. The van der Waals surface area contributed by atoms with Crippen LogP contribution in [0.1, 0.15) is 6.92 Å². The SMILES string of the molecule is COC(C)C1CNCC1N. The van der Waals surface area contributed by atoms with Crippen molar-refractivity contribution >= 4 is 0 Å². The third kappa shape index (κ3) is 1.48. The van der Waals surface area contributed by atoms with E-state index in [0.717, 1.165) is 13.1 Å². The molecule has 3 unspecified atom stereocenters. The fourth-order valence-corrected chi connectivity index (χ4v) is 1.41. The van der Waals surface area contributed by atoms with Crippen LogP contribution in [0.15, 0.2) is 0 Å². The Morgan fingerprint density at radius 2 is 2.30 bits per heavy atom. The Morgan fingerprint density at radius 1 is 1.60 bits per heavy atom. The molecule has 3 N–H and O–H groups in total. The van der Waals surface area contributed by atoms with Gasteiger partial charge in [0.1, 0.15) is 0 Å². The summed E-state index contributed by atoms with van der Waals surface area (Å²) < 4.78 is 5.18. The van der Waals surface area contributed by atoms with E-state index in [2.05, 4.69) is 12.2 Å². The zero-order valence-electron chi connectivity index (χ0n) is 6.63. The van der Waals surface area contributed by atoms with Crippen LogP contribution in [0.4, 0.5) is 0 Å². The minimum atomic E-state index is 0.273. The molecule has 1 fully saturated rings. The molecule has 10 heavy (non-hydrogen) atoms. The lowest BCUT2D eigenvalue weighted by Crippen LogP contribution is -2.36. The summed E-state index contributed by atoms with van der Waals surface area (Å²) in [7, 11) is 1.73. The second kappa shape index (κ2) is 3.32. The summed E-state index contributed by atoms with van der Waals surface area (Å²) in [5.41, 5.74) is 5.81. The highest BCUT2D eigenvalue weighted by molar-refractivity contribution is 4.87. The van der Waals surface area contributed by atoms with Gasteiger partial charge in [-0.1, -0.05) is 0 Å². The van der Waals surface area contributed by atoms with Crippen LogP contribution in [0.5, 0.6) is 0 Å². The quantitative estimate of drug-likeness (QED) is 0.553. The molecule has 0 amide bonds. The van der Waals surface area contributed by atoms with Gasteiger partial charge in [-0.15, -0.1) is 0 Å². The lowest BCUT2D eigenvalue weighted by atomic mass is 9.99. The maximum atomic E-state index is 5.81. The predicted molar refractivity (Wildman–Crippen MR) is 40.8 cm³/mol. The van der Waals surface area contributed by atoms with Gasteiger partial charge >= 0.3 is 0 Å². The third-order valence-electron chi connectivity index (χ3n) is 2.28. The van der Waals surface area contributed by atoms with Crippen molar-refractivity contribution in [1.82, 2.24) is 5.32 Å². The fourth-order valence-electron chi connectivity index (χ4n) is 1.41. The molecule has 0 aromatic carbocycles. The molecule has 1 rings (SSSR count). The van der Waals surface area contributed by atoms with E-state index in [1.807, 2.05) is 0 Å². The molecule has 0 aromatic heterocycles. The second-order valence-corrected chi connectivity index (χ2v) is 2.93. The van der Waals surface area contributed by atoms with Crippen LogP contribution in [0.2, 0.25) is 0 Å². The molecule has 60 valence electrons. The molecule has 1 aliphatic heterocycles. The Labute approximate surface area is 61.9 Å². The van der Waals surface area contributed by atoms with Crippen LogP contribution < -0.4 is 11.1 Å². The van der Waals surface area contributed by atoms with E-state index in [0.29, 0.717) is 5.92 Å². The summed E-state index contributed by atoms with van der Waals surface area (Å²) >= 11 is 0. The van der Waals surface area contributed by atoms with Gasteiger partial charge < -0.3 is 15.8 Å². The molecular weight excluding hydrogens is 128 g/mol. The first kappa shape index (κ1) is 7.98. The van der Waals surface area contributed by atoms with E-state index >= 15 is 0 Å². The van der Waals surface area contributed by atoms with E-state index < -0.39 is 0 Å². The summed E-state index contributed by atoms with van der Waals surface area (Å²) in [6, 6.07) is 0.273. The molecule has 3 nitrogen and oxygen atoms in total. The van der Waals surface area contributed by atoms with Gasteiger partial charge in [0, 0.05) is 32.2 Å². The van der Waals surface area contributed by atoms with Gasteiger partial charge in [-0.3, -0.25) is 0 Å². The van der Waals surface area contributed by atoms with Crippen LogP contribution in [0.3, 0.4) is 0 Å². The molecule has 0 spiro atoms. The maximum Gasteiger partial charge on any atom is 0.0598 e. The smallest absolute Gasteiger partial charge is 0.0598 e. The van der Waals surface area contributed by atoms with Crippen LogP contribution in [0, 0.1) is 5.92 Å². The number of hydrogen-bond acceptors (Lipinski definition) is 3. The fraction of sp³-hybridized carbons (Fsp3) is 1.00. The second-order valence-electron chi connectivity index (χ2n) is 2.93. The topological polar surface area (TPSA) is 47.3 Å². The first-order valence-electron chi connectivity index (χ1n) is 3.74. The zero-order valence-corrected chi connectivity index (χ0v) is 6.63. The Morgan fingerprint density at radius 3 is 2.70 bits per heavy atom. The van der Waals surface area contributed by atoms with E-state index in [9.17, 15) is 0 Å². The third-order valence-corrected chi connectivity index (χ3v) is 2.28. The molecule has 1 aliphatic rings. The molecule has 0 saturated carbocycles. The monoisotopic (exact) mass is 144 g/mol. The van der Waals surface area contributed by atoms with Crippen molar-refractivity contribution in [3.05, 3.63) is 0 Å². The van der Waals surface area contributed by atoms with Crippen molar-refractivity contribution in [3.8, 4) is 0 Å². The minimum Gasteiger partial charge on any atom is -0.381 e. The van der Waals surface area contributed by atoms with Crippen molar-refractivity contribution in [2.75, 3.05) is 20.2 Å². The van der Waals surface area contributed by atoms with Crippen molar-refractivity contribution in [2.24, 2.45) is 11.7 Å². The average molecular weight is 144 g/mol. The van der Waals surface area contributed by atoms with E-state index in [-0.39, 0.29) is 12.1 Å². The Balaban J connectivity index is 2.38. The highest BCUT2D eigenvalue weighted by atomic mass is 16.5. The Hall–Kier alpha value is -0.120. The van der Waals surface area contributed by atoms with E-state index in [1.165, 1.54) is 0 Å². The molecular formula is C7H16N2O. The molecule has 0 radical (unpaired) electrons. The molecule has 3 heteroatoms. The molecule has 0 bridgehead atoms. The predicted octanol–water partition coefficient (Wildman–Crippen LogP) is -0.432. The van der Waals surface area contributed by atoms with E-state index in [4.69, 9.17) is 10.5 Å². The standard InChI is InChI=1S/C7H16N2O/c1-5(10-2)6-3-9-4-7(6)8/h5-7,9H,3-4,8H2,1-2H3. The highest BCUT2D eigenvalue weighted by Gasteiger charge is 2.28. The Kier molecular flexibility index (Phi) is 2.65. The van der Waals surface area contributed by atoms with Crippen LogP contribution in [-0.4, -0.2) is 32.3 Å². The summed E-state index contributed by atoms with van der Waals surface area (Å²) in [5.74, 6) is 0.491. The largest absolute Gasteiger partial charge is 0.381 e. The van der Waals surface area contributed by atoms with Gasteiger partial charge in [-0.2, -0.15) is 0 Å². The van der Waals surface area contributed by atoms with Gasteiger partial charge in [0.25, 0.3) is 0 Å².